The number of aliphatic hydroxyl groups excluding tert-OH is 1. The average molecular weight is 183 g/mol. The van der Waals surface area contributed by atoms with Gasteiger partial charge in [-0.15, -0.1) is 0 Å². The maximum atomic E-state index is 9.88. The molecule has 2 rings (SSSR count). The van der Waals surface area contributed by atoms with Crippen molar-refractivity contribution in [3.8, 4) is 0 Å². The van der Waals surface area contributed by atoms with Crippen LogP contribution in [0.2, 0.25) is 0 Å². The standard InChI is InChI=1S/C11H21NO/c13-11-7-3-2-6-10(11)12-8-4-1-5-9-12/h10-11,13H,1-9H2/t10?,11-/m1/s1. The Balaban J connectivity index is 1.88. The van der Waals surface area contributed by atoms with Crippen LogP contribution in [0.15, 0.2) is 0 Å². The SMILES string of the molecule is O[C@@H]1CCCCC1N1CCCCC1. The molecule has 1 saturated heterocycles. The van der Waals surface area contributed by atoms with Gasteiger partial charge in [0.05, 0.1) is 6.10 Å². The lowest BCUT2D eigenvalue weighted by Crippen LogP contribution is -2.47. The van der Waals surface area contributed by atoms with Gasteiger partial charge in [-0.05, 0) is 38.8 Å². The normalized spacial score (nSPS) is 37.6. The topological polar surface area (TPSA) is 23.5 Å². The van der Waals surface area contributed by atoms with Crippen molar-refractivity contribution in [2.75, 3.05) is 13.1 Å². The Kier molecular flexibility index (Phi) is 3.23. The lowest BCUT2D eigenvalue weighted by molar-refractivity contribution is 0.0113. The summed E-state index contributed by atoms with van der Waals surface area (Å²) in [5.74, 6) is 0. The van der Waals surface area contributed by atoms with Gasteiger partial charge in [0.1, 0.15) is 0 Å². The molecule has 1 aliphatic heterocycles. The van der Waals surface area contributed by atoms with Gasteiger partial charge in [-0.3, -0.25) is 4.90 Å². The molecule has 0 aromatic rings. The Morgan fingerprint density at radius 1 is 0.846 bits per heavy atom. The number of hydrogen-bond donors (Lipinski definition) is 1. The third-order valence-electron chi connectivity index (χ3n) is 3.55. The van der Waals surface area contributed by atoms with Gasteiger partial charge in [-0.1, -0.05) is 19.3 Å². The van der Waals surface area contributed by atoms with Gasteiger partial charge in [0, 0.05) is 6.04 Å². The summed E-state index contributed by atoms with van der Waals surface area (Å²) in [6.45, 7) is 2.45. The third kappa shape index (κ3) is 2.23. The van der Waals surface area contributed by atoms with Crippen molar-refractivity contribution in [1.82, 2.24) is 4.90 Å². The molecule has 0 radical (unpaired) electrons. The largest absolute Gasteiger partial charge is 0.391 e. The van der Waals surface area contributed by atoms with Crippen LogP contribution in [0, 0.1) is 0 Å². The summed E-state index contributed by atoms with van der Waals surface area (Å²) in [5.41, 5.74) is 0. The molecule has 2 nitrogen and oxygen atoms in total. The molecule has 1 saturated carbocycles. The molecule has 2 atom stereocenters. The second-order valence-corrected chi connectivity index (χ2v) is 4.52. The van der Waals surface area contributed by atoms with Crippen LogP contribution in [0.3, 0.4) is 0 Å². The maximum Gasteiger partial charge on any atom is 0.0695 e. The molecule has 1 N–H and O–H groups in total. The van der Waals surface area contributed by atoms with Gasteiger partial charge in [-0.2, -0.15) is 0 Å². The minimum atomic E-state index is -0.0353. The third-order valence-corrected chi connectivity index (χ3v) is 3.55. The van der Waals surface area contributed by atoms with Crippen LogP contribution in [0.1, 0.15) is 44.9 Å². The van der Waals surface area contributed by atoms with Gasteiger partial charge in [0.2, 0.25) is 0 Å². The molecular formula is C11H21NO. The first-order chi connectivity index (χ1) is 6.38. The first kappa shape index (κ1) is 9.47. The molecular weight excluding hydrogens is 162 g/mol. The first-order valence-corrected chi connectivity index (χ1v) is 5.80. The van der Waals surface area contributed by atoms with Crippen molar-refractivity contribution >= 4 is 0 Å². The summed E-state index contributed by atoms with van der Waals surface area (Å²) in [7, 11) is 0. The molecule has 2 heteroatoms. The zero-order valence-electron chi connectivity index (χ0n) is 8.41. The van der Waals surface area contributed by atoms with E-state index in [2.05, 4.69) is 4.90 Å². The van der Waals surface area contributed by atoms with Crippen LogP contribution in [-0.2, 0) is 0 Å². The second kappa shape index (κ2) is 4.43. The fourth-order valence-corrected chi connectivity index (χ4v) is 2.77. The molecule has 1 unspecified atom stereocenters. The summed E-state index contributed by atoms with van der Waals surface area (Å²) in [6.07, 6.45) is 8.82. The Labute approximate surface area is 80.9 Å². The number of rotatable bonds is 1. The highest BCUT2D eigenvalue weighted by atomic mass is 16.3. The number of likely N-dealkylation sites (tertiary alicyclic amines) is 1. The monoisotopic (exact) mass is 183 g/mol. The molecule has 1 aliphatic carbocycles. The fourth-order valence-electron chi connectivity index (χ4n) is 2.77. The molecule has 13 heavy (non-hydrogen) atoms. The highest BCUT2D eigenvalue weighted by Crippen LogP contribution is 2.25. The quantitative estimate of drug-likeness (QED) is 0.670. The molecule has 76 valence electrons. The highest BCUT2D eigenvalue weighted by Gasteiger charge is 2.28. The van der Waals surface area contributed by atoms with Crippen LogP contribution in [0.5, 0.6) is 0 Å². The lowest BCUT2D eigenvalue weighted by atomic mass is 9.90. The van der Waals surface area contributed by atoms with E-state index in [9.17, 15) is 5.11 Å². The Morgan fingerprint density at radius 3 is 2.23 bits per heavy atom. The first-order valence-electron chi connectivity index (χ1n) is 5.80. The van der Waals surface area contributed by atoms with Gasteiger partial charge >= 0.3 is 0 Å². The maximum absolute atomic E-state index is 9.88. The summed E-state index contributed by atoms with van der Waals surface area (Å²) in [4.78, 5) is 2.52. The minimum absolute atomic E-state index is 0.0353. The number of nitrogens with zero attached hydrogens (tertiary/aromatic N) is 1. The van der Waals surface area contributed by atoms with Crippen molar-refractivity contribution in [3.63, 3.8) is 0 Å². The van der Waals surface area contributed by atoms with E-state index in [4.69, 9.17) is 0 Å². The van der Waals surface area contributed by atoms with Crippen LogP contribution >= 0.6 is 0 Å². The van der Waals surface area contributed by atoms with E-state index in [1.165, 1.54) is 51.6 Å². The molecule has 0 bridgehead atoms. The van der Waals surface area contributed by atoms with E-state index in [-0.39, 0.29) is 6.10 Å². The number of piperidine rings is 1. The van der Waals surface area contributed by atoms with Gasteiger partial charge < -0.3 is 5.11 Å². The van der Waals surface area contributed by atoms with Gasteiger partial charge in [0.25, 0.3) is 0 Å². The summed E-state index contributed by atoms with van der Waals surface area (Å²) in [5, 5.41) is 9.88. The molecule has 0 aromatic heterocycles. The van der Waals surface area contributed by atoms with Crippen molar-refractivity contribution in [3.05, 3.63) is 0 Å². The zero-order valence-corrected chi connectivity index (χ0v) is 8.41. The Bertz CT molecular complexity index is 154. The molecule has 2 fully saturated rings. The van der Waals surface area contributed by atoms with E-state index in [1.54, 1.807) is 0 Å². The Hall–Kier alpha value is -0.0800. The van der Waals surface area contributed by atoms with E-state index < -0.39 is 0 Å². The molecule has 1 heterocycles. The number of aliphatic hydroxyl groups is 1. The van der Waals surface area contributed by atoms with Crippen LogP contribution in [-0.4, -0.2) is 35.2 Å². The fraction of sp³-hybridized carbons (Fsp3) is 1.00. The van der Waals surface area contributed by atoms with Gasteiger partial charge in [-0.25, -0.2) is 0 Å². The molecule has 0 spiro atoms. The molecule has 0 aromatic carbocycles. The zero-order chi connectivity index (χ0) is 9.10. The Morgan fingerprint density at radius 2 is 1.54 bits per heavy atom. The van der Waals surface area contributed by atoms with Crippen molar-refractivity contribution in [2.24, 2.45) is 0 Å². The van der Waals surface area contributed by atoms with E-state index in [0.29, 0.717) is 6.04 Å². The average Bonchev–Trinajstić information content (AvgIpc) is 2.20. The van der Waals surface area contributed by atoms with Crippen LogP contribution in [0.25, 0.3) is 0 Å². The van der Waals surface area contributed by atoms with E-state index in [1.807, 2.05) is 0 Å². The van der Waals surface area contributed by atoms with Crippen molar-refractivity contribution < 1.29 is 5.11 Å². The van der Waals surface area contributed by atoms with E-state index in [0.717, 1.165) is 6.42 Å². The van der Waals surface area contributed by atoms with Crippen molar-refractivity contribution in [2.45, 2.75) is 57.1 Å². The predicted molar refractivity (Wildman–Crippen MR) is 53.7 cm³/mol. The lowest BCUT2D eigenvalue weighted by Gasteiger charge is -2.39. The van der Waals surface area contributed by atoms with E-state index >= 15 is 0 Å². The molecule has 0 amide bonds. The number of hydrogen-bond acceptors (Lipinski definition) is 2. The minimum Gasteiger partial charge on any atom is -0.391 e. The van der Waals surface area contributed by atoms with Crippen molar-refractivity contribution in [1.29, 1.82) is 0 Å². The van der Waals surface area contributed by atoms with Crippen LogP contribution in [0.4, 0.5) is 0 Å². The second-order valence-electron chi connectivity index (χ2n) is 4.52. The molecule has 2 aliphatic rings. The predicted octanol–water partition coefficient (Wildman–Crippen LogP) is 1.78. The van der Waals surface area contributed by atoms with Gasteiger partial charge in [0.15, 0.2) is 0 Å². The smallest absolute Gasteiger partial charge is 0.0695 e. The van der Waals surface area contributed by atoms with Crippen LogP contribution < -0.4 is 0 Å². The summed E-state index contributed by atoms with van der Waals surface area (Å²) >= 11 is 0. The summed E-state index contributed by atoms with van der Waals surface area (Å²) < 4.78 is 0. The summed E-state index contributed by atoms with van der Waals surface area (Å²) in [6, 6.07) is 0.494. The highest BCUT2D eigenvalue weighted by molar-refractivity contribution is 4.84.